The van der Waals surface area contributed by atoms with Crippen LogP contribution >= 0.6 is 0 Å². The van der Waals surface area contributed by atoms with E-state index in [4.69, 9.17) is 9.47 Å². The summed E-state index contributed by atoms with van der Waals surface area (Å²) in [5.41, 5.74) is 5.43. The highest BCUT2D eigenvalue weighted by molar-refractivity contribution is 6.25. The van der Waals surface area contributed by atoms with E-state index in [0.717, 1.165) is 22.3 Å². The molecule has 0 radical (unpaired) electrons. The fourth-order valence-electron chi connectivity index (χ4n) is 7.09. The number of nitrogens with zero attached hydrogens (tertiary/aromatic N) is 2. The second-order valence-corrected chi connectivity index (χ2v) is 10.8. The number of ether oxygens (including phenoxy) is 2. The summed E-state index contributed by atoms with van der Waals surface area (Å²) in [6.45, 7) is 2.53. The van der Waals surface area contributed by atoms with Gasteiger partial charge in [0, 0.05) is 12.1 Å². The van der Waals surface area contributed by atoms with Crippen molar-refractivity contribution in [3.63, 3.8) is 0 Å². The highest BCUT2D eigenvalue weighted by Gasteiger charge is 2.68. The summed E-state index contributed by atoms with van der Waals surface area (Å²) in [5.74, 6) is -4.42. The van der Waals surface area contributed by atoms with E-state index in [1.807, 2.05) is 48.5 Å². The van der Waals surface area contributed by atoms with E-state index in [0.29, 0.717) is 18.9 Å². The van der Waals surface area contributed by atoms with Crippen molar-refractivity contribution in [3.05, 3.63) is 101 Å². The second-order valence-electron chi connectivity index (χ2n) is 10.8. The van der Waals surface area contributed by atoms with Gasteiger partial charge in [-0.15, -0.1) is 0 Å². The zero-order valence-electron chi connectivity index (χ0n) is 21.7. The SMILES string of the molecule is CC1(CC(=O)N/N=C\C23c4ccccc4C(c4ccccc42)[C@@H]2C(=O)N(c4ccc(F)cc4)C(=O)[C@@H]23)OCCO1. The number of carbonyl (C=O) groups is 3. The van der Waals surface area contributed by atoms with Crippen LogP contribution in [0.5, 0.6) is 0 Å². The Kier molecular flexibility index (Phi) is 5.52. The van der Waals surface area contributed by atoms with Gasteiger partial charge in [-0.3, -0.25) is 14.4 Å². The average Bonchev–Trinajstić information content (AvgIpc) is 3.50. The van der Waals surface area contributed by atoms with Crippen molar-refractivity contribution in [2.45, 2.75) is 30.5 Å². The fraction of sp³-hybridized carbons (Fsp3) is 0.290. The number of amides is 3. The Morgan fingerprint density at radius 2 is 1.57 bits per heavy atom. The quantitative estimate of drug-likeness (QED) is 0.304. The third-order valence-corrected chi connectivity index (χ3v) is 8.61. The molecule has 8 nitrogen and oxygen atoms in total. The largest absolute Gasteiger partial charge is 0.347 e. The Hall–Kier alpha value is -4.21. The lowest BCUT2D eigenvalue weighted by Gasteiger charge is -2.52. The number of carbonyl (C=O) groups excluding carboxylic acids is 3. The van der Waals surface area contributed by atoms with Gasteiger partial charge in [-0.1, -0.05) is 48.5 Å². The summed E-state index contributed by atoms with van der Waals surface area (Å²) >= 11 is 0. The maximum Gasteiger partial charge on any atom is 0.245 e. The van der Waals surface area contributed by atoms with Gasteiger partial charge in [-0.05, 0) is 53.4 Å². The molecule has 2 atom stereocenters. The van der Waals surface area contributed by atoms with Crippen LogP contribution in [0.1, 0.15) is 41.5 Å². The Balaban J connectivity index is 1.35. The third-order valence-electron chi connectivity index (χ3n) is 8.61. The van der Waals surface area contributed by atoms with Crippen LogP contribution in [0.2, 0.25) is 0 Å². The van der Waals surface area contributed by atoms with Crippen molar-refractivity contribution in [2.24, 2.45) is 16.9 Å². The molecule has 2 aliphatic heterocycles. The number of benzene rings is 3. The minimum atomic E-state index is -1.12. The normalized spacial score (nSPS) is 27.6. The summed E-state index contributed by atoms with van der Waals surface area (Å²) in [6.07, 6.45) is 1.56. The number of hydrogen-bond acceptors (Lipinski definition) is 6. The lowest BCUT2D eigenvalue weighted by atomic mass is 9.47. The number of hydrogen-bond donors (Lipinski definition) is 1. The first-order chi connectivity index (χ1) is 19.3. The third kappa shape index (κ3) is 3.44. The van der Waals surface area contributed by atoms with Crippen LogP contribution in [0, 0.1) is 17.7 Å². The Labute approximate surface area is 229 Å². The Morgan fingerprint density at radius 3 is 2.20 bits per heavy atom. The molecule has 3 amide bonds. The molecule has 3 aliphatic carbocycles. The second kappa shape index (κ2) is 8.90. The van der Waals surface area contributed by atoms with Gasteiger partial charge in [0.1, 0.15) is 5.82 Å². The van der Waals surface area contributed by atoms with E-state index >= 15 is 0 Å². The number of anilines is 1. The molecule has 202 valence electrons. The van der Waals surface area contributed by atoms with Crippen LogP contribution in [0.15, 0.2) is 77.9 Å². The van der Waals surface area contributed by atoms with Gasteiger partial charge >= 0.3 is 0 Å². The minimum Gasteiger partial charge on any atom is -0.347 e. The number of halogens is 1. The van der Waals surface area contributed by atoms with Crippen LogP contribution in [0.3, 0.4) is 0 Å². The zero-order valence-corrected chi connectivity index (χ0v) is 21.7. The van der Waals surface area contributed by atoms with Gasteiger partial charge in [-0.2, -0.15) is 5.10 Å². The maximum absolute atomic E-state index is 14.2. The van der Waals surface area contributed by atoms with E-state index in [2.05, 4.69) is 10.5 Å². The standard InChI is InChI=1S/C31H26FN3O5/c1-30(39-14-15-40-30)16-24(36)34-33-17-31-22-8-4-2-6-20(22)25(21-7-3-5-9-23(21)31)26-27(31)29(38)35(28(26)37)19-12-10-18(32)11-13-19/h2-13,17,25-27H,14-16H2,1H3,(H,34,36)/b33-17-/t25?,26-,27+,31?/m0/s1. The molecule has 2 heterocycles. The van der Waals surface area contributed by atoms with Gasteiger partial charge in [0.25, 0.3) is 0 Å². The first kappa shape index (κ1) is 24.8. The van der Waals surface area contributed by atoms with Crippen molar-refractivity contribution < 1.29 is 28.2 Å². The first-order valence-electron chi connectivity index (χ1n) is 13.3. The molecular weight excluding hydrogens is 513 g/mol. The molecule has 2 bridgehead atoms. The molecular formula is C31H26FN3O5. The molecule has 1 N–H and O–H groups in total. The zero-order chi connectivity index (χ0) is 27.6. The molecule has 40 heavy (non-hydrogen) atoms. The van der Waals surface area contributed by atoms with Crippen LogP contribution < -0.4 is 10.3 Å². The van der Waals surface area contributed by atoms with Crippen molar-refractivity contribution in [1.29, 1.82) is 0 Å². The molecule has 2 fully saturated rings. The lowest BCUT2D eigenvalue weighted by Crippen LogP contribution is -2.54. The van der Waals surface area contributed by atoms with Gasteiger partial charge < -0.3 is 9.47 Å². The van der Waals surface area contributed by atoms with E-state index in [1.54, 1.807) is 13.1 Å². The van der Waals surface area contributed by atoms with E-state index in [9.17, 15) is 18.8 Å². The minimum absolute atomic E-state index is 0.0472. The smallest absolute Gasteiger partial charge is 0.245 e. The van der Waals surface area contributed by atoms with Crippen molar-refractivity contribution in [3.8, 4) is 0 Å². The fourth-order valence-corrected chi connectivity index (χ4v) is 7.09. The molecule has 5 aliphatic rings. The van der Waals surface area contributed by atoms with Crippen LogP contribution in [0.4, 0.5) is 10.1 Å². The first-order valence-corrected chi connectivity index (χ1v) is 13.3. The van der Waals surface area contributed by atoms with E-state index in [-0.39, 0.29) is 24.2 Å². The van der Waals surface area contributed by atoms with Crippen LogP contribution in [-0.2, 0) is 29.3 Å². The molecule has 3 aromatic rings. The monoisotopic (exact) mass is 539 g/mol. The molecule has 9 heteroatoms. The predicted octanol–water partition coefficient (Wildman–Crippen LogP) is 3.63. The molecule has 2 saturated heterocycles. The highest BCUT2D eigenvalue weighted by Crippen LogP contribution is 2.63. The molecule has 3 aromatic carbocycles. The van der Waals surface area contributed by atoms with E-state index in [1.165, 1.54) is 29.2 Å². The van der Waals surface area contributed by atoms with Gasteiger partial charge in [0.15, 0.2) is 5.79 Å². The molecule has 0 unspecified atom stereocenters. The molecule has 0 saturated carbocycles. The molecule has 0 spiro atoms. The van der Waals surface area contributed by atoms with Crippen molar-refractivity contribution in [1.82, 2.24) is 5.43 Å². The summed E-state index contributed by atoms with van der Waals surface area (Å²) < 4.78 is 24.8. The summed E-state index contributed by atoms with van der Waals surface area (Å²) in [7, 11) is 0. The Morgan fingerprint density at radius 1 is 0.975 bits per heavy atom. The highest BCUT2D eigenvalue weighted by atomic mass is 19.1. The number of hydrazone groups is 1. The van der Waals surface area contributed by atoms with Crippen molar-refractivity contribution >= 4 is 29.6 Å². The van der Waals surface area contributed by atoms with Crippen molar-refractivity contribution in [2.75, 3.05) is 18.1 Å². The number of rotatable bonds is 5. The number of nitrogens with one attached hydrogen (secondary N) is 1. The van der Waals surface area contributed by atoms with Gasteiger partial charge in [0.05, 0.1) is 42.6 Å². The van der Waals surface area contributed by atoms with Crippen LogP contribution in [-0.4, -0.2) is 42.9 Å². The molecule has 8 rings (SSSR count). The maximum atomic E-state index is 14.2. The summed E-state index contributed by atoms with van der Waals surface area (Å²) in [6, 6.07) is 20.9. The number of imide groups is 1. The van der Waals surface area contributed by atoms with Crippen LogP contribution in [0.25, 0.3) is 0 Å². The van der Waals surface area contributed by atoms with E-state index < -0.39 is 34.8 Å². The summed E-state index contributed by atoms with van der Waals surface area (Å²) in [4.78, 5) is 42.3. The average molecular weight is 540 g/mol. The van der Waals surface area contributed by atoms with Gasteiger partial charge in [0.2, 0.25) is 17.7 Å². The lowest BCUT2D eigenvalue weighted by molar-refractivity contribution is -0.159. The molecule has 0 aromatic heterocycles. The summed E-state index contributed by atoms with van der Waals surface area (Å²) in [5, 5.41) is 4.40. The predicted molar refractivity (Wildman–Crippen MR) is 143 cm³/mol. The Bertz CT molecular complexity index is 1530. The van der Waals surface area contributed by atoms with Gasteiger partial charge in [-0.25, -0.2) is 14.7 Å². The topological polar surface area (TPSA) is 97.3 Å².